The van der Waals surface area contributed by atoms with Gasteiger partial charge in [0.1, 0.15) is 5.60 Å². The summed E-state index contributed by atoms with van der Waals surface area (Å²) in [5.74, 6) is -0.920. The van der Waals surface area contributed by atoms with E-state index < -0.39 is 17.6 Å². The van der Waals surface area contributed by atoms with Gasteiger partial charge in [-0.2, -0.15) is 0 Å². The number of piperidine rings is 1. The lowest BCUT2D eigenvalue weighted by molar-refractivity contribution is -0.149. The summed E-state index contributed by atoms with van der Waals surface area (Å²) in [7, 11) is 1.42. The summed E-state index contributed by atoms with van der Waals surface area (Å²) in [5.41, 5.74) is 3.86. The van der Waals surface area contributed by atoms with Crippen molar-refractivity contribution in [3.05, 3.63) is 96.1 Å². The normalized spacial score (nSPS) is 20.0. The molecule has 0 radical (unpaired) electrons. The van der Waals surface area contributed by atoms with Crippen molar-refractivity contribution < 1.29 is 19.1 Å². The molecule has 1 saturated heterocycles. The second-order valence-electron chi connectivity index (χ2n) is 10.5. The highest BCUT2D eigenvalue weighted by atomic mass is 16.6. The molecule has 1 aliphatic rings. The molecular weight excluding hydrogens is 450 g/mol. The van der Waals surface area contributed by atoms with Crippen LogP contribution in [-0.4, -0.2) is 42.8 Å². The van der Waals surface area contributed by atoms with Gasteiger partial charge in [-0.1, -0.05) is 84.9 Å². The summed E-state index contributed by atoms with van der Waals surface area (Å²) >= 11 is 0. The van der Waals surface area contributed by atoms with Gasteiger partial charge in [-0.05, 0) is 55.4 Å². The molecule has 0 bridgehead atoms. The lowest BCUT2D eigenvalue weighted by Gasteiger charge is -2.43. The van der Waals surface area contributed by atoms with Gasteiger partial charge in [0.05, 0.1) is 13.0 Å². The van der Waals surface area contributed by atoms with Crippen LogP contribution in [0, 0.1) is 11.8 Å². The third kappa shape index (κ3) is 6.14. The monoisotopic (exact) mass is 485 g/mol. The Hall–Kier alpha value is -3.60. The Labute approximate surface area is 214 Å². The molecule has 3 unspecified atom stereocenters. The Balaban J connectivity index is 1.75. The van der Waals surface area contributed by atoms with Crippen LogP contribution in [0.5, 0.6) is 0 Å². The average molecular weight is 486 g/mol. The van der Waals surface area contributed by atoms with Gasteiger partial charge in [-0.3, -0.25) is 4.79 Å². The number of carbonyl (C=O) groups is 2. The van der Waals surface area contributed by atoms with Crippen LogP contribution in [0.3, 0.4) is 0 Å². The molecule has 1 heterocycles. The zero-order valence-electron chi connectivity index (χ0n) is 21.5. The second-order valence-corrected chi connectivity index (χ2v) is 10.5. The molecule has 4 rings (SSSR count). The molecular formula is C31H35NO4. The average Bonchev–Trinajstić information content (AvgIpc) is 2.88. The highest BCUT2D eigenvalue weighted by Crippen LogP contribution is 2.41. The molecule has 5 nitrogen and oxygen atoms in total. The molecule has 0 spiro atoms. The van der Waals surface area contributed by atoms with Crippen LogP contribution >= 0.6 is 0 Å². The number of rotatable bonds is 5. The van der Waals surface area contributed by atoms with E-state index in [1.54, 1.807) is 4.90 Å². The lowest BCUT2D eigenvalue weighted by atomic mass is 9.71. The van der Waals surface area contributed by atoms with Crippen molar-refractivity contribution in [2.75, 3.05) is 20.2 Å². The van der Waals surface area contributed by atoms with Gasteiger partial charge in [-0.15, -0.1) is 0 Å². The number of likely N-dealkylation sites (tertiary alicyclic amines) is 1. The van der Waals surface area contributed by atoms with E-state index in [0.717, 1.165) is 23.1 Å². The number of hydrogen-bond donors (Lipinski definition) is 0. The van der Waals surface area contributed by atoms with Crippen LogP contribution in [-0.2, 0) is 20.7 Å². The van der Waals surface area contributed by atoms with Gasteiger partial charge < -0.3 is 14.4 Å². The fourth-order valence-electron chi connectivity index (χ4n) is 5.17. The van der Waals surface area contributed by atoms with Crippen molar-refractivity contribution in [1.82, 2.24) is 4.90 Å². The molecule has 3 aromatic rings. The van der Waals surface area contributed by atoms with Crippen molar-refractivity contribution in [2.24, 2.45) is 11.8 Å². The highest BCUT2D eigenvalue weighted by Gasteiger charge is 2.44. The highest BCUT2D eigenvalue weighted by molar-refractivity contribution is 5.76. The van der Waals surface area contributed by atoms with Gasteiger partial charge >= 0.3 is 12.1 Å². The molecule has 3 atom stereocenters. The summed E-state index contributed by atoms with van der Waals surface area (Å²) in [6.07, 6.45) is 0.333. The van der Waals surface area contributed by atoms with E-state index in [2.05, 4.69) is 42.5 Å². The van der Waals surface area contributed by atoms with E-state index in [1.165, 1.54) is 12.7 Å². The predicted molar refractivity (Wildman–Crippen MR) is 142 cm³/mol. The molecule has 0 aromatic heterocycles. The number of benzene rings is 3. The summed E-state index contributed by atoms with van der Waals surface area (Å²) in [5, 5.41) is 0. The van der Waals surface area contributed by atoms with E-state index in [-0.39, 0.29) is 24.3 Å². The number of ether oxygens (including phenoxy) is 2. The van der Waals surface area contributed by atoms with Gasteiger partial charge in [-0.25, -0.2) is 4.79 Å². The molecule has 1 fully saturated rings. The number of amides is 1. The number of nitrogens with zero attached hydrogens (tertiary/aromatic N) is 1. The first kappa shape index (κ1) is 25.5. The minimum atomic E-state index is -0.617. The Kier molecular flexibility index (Phi) is 7.78. The topological polar surface area (TPSA) is 55.8 Å². The van der Waals surface area contributed by atoms with E-state index in [1.807, 2.05) is 63.2 Å². The Morgan fingerprint density at radius 1 is 0.861 bits per heavy atom. The zero-order valence-corrected chi connectivity index (χ0v) is 21.5. The Bertz CT molecular complexity index is 1170. The molecule has 36 heavy (non-hydrogen) atoms. The van der Waals surface area contributed by atoms with Gasteiger partial charge in [0.15, 0.2) is 0 Å². The fourth-order valence-corrected chi connectivity index (χ4v) is 5.17. The van der Waals surface area contributed by atoms with Gasteiger partial charge in [0.25, 0.3) is 0 Å². The van der Waals surface area contributed by atoms with E-state index in [4.69, 9.17) is 9.47 Å². The molecule has 1 amide bonds. The number of esters is 1. The minimum Gasteiger partial charge on any atom is -0.469 e. The fraction of sp³-hybridized carbons (Fsp3) is 0.355. The molecule has 0 N–H and O–H groups in total. The Morgan fingerprint density at radius 2 is 1.50 bits per heavy atom. The first-order valence-corrected chi connectivity index (χ1v) is 12.5. The third-order valence-corrected chi connectivity index (χ3v) is 6.69. The van der Waals surface area contributed by atoms with E-state index in [0.29, 0.717) is 6.54 Å². The van der Waals surface area contributed by atoms with Crippen molar-refractivity contribution in [3.8, 4) is 11.1 Å². The van der Waals surface area contributed by atoms with Crippen LogP contribution in [0.1, 0.15) is 37.8 Å². The summed E-state index contributed by atoms with van der Waals surface area (Å²) in [4.78, 5) is 27.9. The molecule has 3 aromatic carbocycles. The summed E-state index contributed by atoms with van der Waals surface area (Å²) in [6.45, 7) is 6.31. The summed E-state index contributed by atoms with van der Waals surface area (Å²) < 4.78 is 11.0. The molecule has 0 aliphatic carbocycles. The molecule has 5 heteroatoms. The van der Waals surface area contributed by atoms with E-state index >= 15 is 0 Å². The molecule has 1 aliphatic heterocycles. The smallest absolute Gasteiger partial charge is 0.410 e. The quantitative estimate of drug-likeness (QED) is 0.396. The van der Waals surface area contributed by atoms with Crippen LogP contribution in [0.4, 0.5) is 4.79 Å². The largest absolute Gasteiger partial charge is 0.469 e. The van der Waals surface area contributed by atoms with Gasteiger partial charge in [0, 0.05) is 19.0 Å². The maximum atomic E-state index is 13.2. The third-order valence-electron chi connectivity index (χ3n) is 6.69. The number of carbonyl (C=O) groups excluding carboxylic acids is 2. The van der Waals surface area contributed by atoms with E-state index in [9.17, 15) is 9.59 Å². The van der Waals surface area contributed by atoms with Crippen molar-refractivity contribution in [2.45, 2.75) is 38.7 Å². The number of hydrogen-bond acceptors (Lipinski definition) is 4. The first-order valence-electron chi connectivity index (χ1n) is 12.5. The summed E-state index contributed by atoms with van der Waals surface area (Å²) in [6, 6.07) is 28.9. The standard InChI is InChI=1S/C31H35NO4/c1-31(2,3)36-30(34)32-20-26(18-22-12-7-5-8-13-22)28(27(21-32)29(33)35-4)25-17-11-16-24(19-25)23-14-9-6-10-15-23/h5-17,19,26-28H,18,20-21H2,1-4H3. The lowest BCUT2D eigenvalue weighted by Crippen LogP contribution is -2.52. The van der Waals surface area contributed by atoms with Crippen LogP contribution < -0.4 is 0 Å². The molecule has 0 saturated carbocycles. The predicted octanol–water partition coefficient (Wildman–Crippen LogP) is 6.34. The zero-order chi connectivity index (χ0) is 25.7. The number of methoxy groups -OCH3 is 1. The van der Waals surface area contributed by atoms with Crippen LogP contribution in [0.2, 0.25) is 0 Å². The Morgan fingerprint density at radius 3 is 2.14 bits per heavy atom. The van der Waals surface area contributed by atoms with Crippen molar-refractivity contribution >= 4 is 12.1 Å². The van der Waals surface area contributed by atoms with Crippen LogP contribution in [0.15, 0.2) is 84.9 Å². The molecule has 188 valence electrons. The van der Waals surface area contributed by atoms with Crippen molar-refractivity contribution in [1.29, 1.82) is 0 Å². The SMILES string of the molecule is COC(=O)C1CN(C(=O)OC(C)(C)C)CC(Cc2ccccc2)C1c1cccc(-c2ccccc2)c1. The minimum absolute atomic E-state index is 0.00351. The van der Waals surface area contributed by atoms with Crippen molar-refractivity contribution in [3.63, 3.8) is 0 Å². The van der Waals surface area contributed by atoms with Gasteiger partial charge in [0.2, 0.25) is 0 Å². The maximum absolute atomic E-state index is 13.2. The first-order chi connectivity index (χ1) is 17.2. The van der Waals surface area contributed by atoms with Crippen LogP contribution in [0.25, 0.3) is 11.1 Å². The maximum Gasteiger partial charge on any atom is 0.410 e. The second kappa shape index (κ2) is 11.0.